The molecule has 2 aliphatic heterocycles. The van der Waals surface area contributed by atoms with Crippen LogP contribution in [0.3, 0.4) is 0 Å². The number of fused-ring (bicyclic) bond motifs is 1. The van der Waals surface area contributed by atoms with Crippen LogP contribution in [0.25, 0.3) is 0 Å². The molecule has 0 radical (unpaired) electrons. The highest BCUT2D eigenvalue weighted by atomic mass is 32.2. The van der Waals surface area contributed by atoms with Crippen molar-refractivity contribution in [1.29, 1.82) is 0 Å². The summed E-state index contributed by atoms with van der Waals surface area (Å²) in [7, 11) is -3.88. The number of hydrogen-bond acceptors (Lipinski definition) is 6. The van der Waals surface area contributed by atoms with Crippen molar-refractivity contribution in [2.75, 3.05) is 37.6 Å². The Bertz CT molecular complexity index is 1130. The van der Waals surface area contributed by atoms with E-state index in [1.165, 1.54) is 31.4 Å². The summed E-state index contributed by atoms with van der Waals surface area (Å²) in [5.74, 6) is 0.703. The first kappa shape index (κ1) is 24.3. The predicted octanol–water partition coefficient (Wildman–Crippen LogP) is 3.64. The highest BCUT2D eigenvalue weighted by molar-refractivity contribution is 7.92. The SMILES string of the molecule is CC(C)(CNC(=O)c1cccc(NS(=O)(=O)c2ccc3c(c2)OCCCO3)c1)N1CCCCC1. The minimum Gasteiger partial charge on any atom is -0.490 e. The molecule has 8 nitrogen and oxygen atoms in total. The van der Waals surface area contributed by atoms with E-state index in [9.17, 15) is 13.2 Å². The molecule has 1 saturated heterocycles. The van der Waals surface area contributed by atoms with Crippen molar-refractivity contribution >= 4 is 21.6 Å². The number of benzene rings is 2. The molecular weight excluding hydrogens is 454 g/mol. The summed E-state index contributed by atoms with van der Waals surface area (Å²) < 4.78 is 39.7. The summed E-state index contributed by atoms with van der Waals surface area (Å²) in [6, 6.07) is 11.0. The Labute approximate surface area is 201 Å². The van der Waals surface area contributed by atoms with Gasteiger partial charge in [-0.3, -0.25) is 14.4 Å². The summed E-state index contributed by atoms with van der Waals surface area (Å²) in [5.41, 5.74) is 0.565. The number of piperidine rings is 1. The van der Waals surface area contributed by atoms with Gasteiger partial charge in [-0.1, -0.05) is 12.5 Å². The van der Waals surface area contributed by atoms with Crippen molar-refractivity contribution in [2.45, 2.75) is 50.0 Å². The van der Waals surface area contributed by atoms with E-state index in [4.69, 9.17) is 9.47 Å². The van der Waals surface area contributed by atoms with E-state index in [-0.39, 0.29) is 16.3 Å². The van der Waals surface area contributed by atoms with Crippen molar-refractivity contribution in [1.82, 2.24) is 10.2 Å². The van der Waals surface area contributed by atoms with Crippen molar-refractivity contribution in [3.63, 3.8) is 0 Å². The van der Waals surface area contributed by atoms with Crippen LogP contribution in [0.1, 0.15) is 49.9 Å². The summed E-state index contributed by atoms with van der Waals surface area (Å²) >= 11 is 0. The lowest BCUT2D eigenvalue weighted by molar-refractivity contribution is 0.0797. The summed E-state index contributed by atoms with van der Waals surface area (Å²) in [6.45, 7) is 7.87. The molecule has 0 saturated carbocycles. The van der Waals surface area contributed by atoms with Gasteiger partial charge in [-0.05, 0) is 70.1 Å². The molecule has 2 N–H and O–H groups in total. The minimum atomic E-state index is -3.88. The van der Waals surface area contributed by atoms with Gasteiger partial charge in [-0.2, -0.15) is 0 Å². The van der Waals surface area contributed by atoms with E-state index in [1.807, 2.05) is 0 Å². The Morgan fingerprint density at radius 1 is 0.971 bits per heavy atom. The molecule has 2 aromatic carbocycles. The van der Waals surface area contributed by atoms with Gasteiger partial charge in [0.05, 0.1) is 18.1 Å². The molecule has 1 amide bonds. The molecule has 4 rings (SSSR count). The second kappa shape index (κ2) is 10.2. The third-order valence-corrected chi connectivity index (χ3v) is 7.68. The normalized spacial score (nSPS) is 17.0. The Morgan fingerprint density at radius 2 is 1.71 bits per heavy atom. The van der Waals surface area contributed by atoms with Crippen LogP contribution in [0.15, 0.2) is 47.4 Å². The zero-order chi connectivity index (χ0) is 24.2. The van der Waals surface area contributed by atoms with Crippen LogP contribution in [0.5, 0.6) is 11.5 Å². The first-order valence-electron chi connectivity index (χ1n) is 11.8. The molecule has 184 valence electrons. The van der Waals surface area contributed by atoms with Gasteiger partial charge in [-0.15, -0.1) is 0 Å². The number of rotatable bonds is 7. The fourth-order valence-electron chi connectivity index (χ4n) is 4.26. The second-order valence-electron chi connectivity index (χ2n) is 9.39. The average molecular weight is 488 g/mol. The van der Waals surface area contributed by atoms with E-state index in [1.54, 1.807) is 30.3 Å². The molecule has 0 bridgehead atoms. The van der Waals surface area contributed by atoms with Crippen molar-refractivity contribution in [3.8, 4) is 11.5 Å². The van der Waals surface area contributed by atoms with Crippen molar-refractivity contribution < 1.29 is 22.7 Å². The van der Waals surface area contributed by atoms with Crippen molar-refractivity contribution in [2.24, 2.45) is 0 Å². The monoisotopic (exact) mass is 487 g/mol. The average Bonchev–Trinajstić information content (AvgIpc) is 3.08. The maximum Gasteiger partial charge on any atom is 0.262 e. The van der Waals surface area contributed by atoms with Gasteiger partial charge in [-0.25, -0.2) is 8.42 Å². The zero-order valence-electron chi connectivity index (χ0n) is 19.8. The molecular formula is C25H33N3O5S. The highest BCUT2D eigenvalue weighted by Gasteiger charge is 2.28. The molecule has 0 spiro atoms. The van der Waals surface area contributed by atoms with E-state index < -0.39 is 10.0 Å². The lowest BCUT2D eigenvalue weighted by Crippen LogP contribution is -2.53. The molecule has 0 aliphatic carbocycles. The van der Waals surface area contributed by atoms with Crippen molar-refractivity contribution in [3.05, 3.63) is 48.0 Å². The van der Waals surface area contributed by atoms with Gasteiger partial charge in [0.25, 0.3) is 15.9 Å². The predicted molar refractivity (Wildman–Crippen MR) is 131 cm³/mol. The minimum absolute atomic E-state index is 0.0647. The standard InChI is InChI=1S/C25H33N3O5S/c1-25(2,28-12-4-3-5-13-28)18-26-24(29)19-8-6-9-20(16-19)27-34(30,31)21-10-11-22-23(17-21)33-15-7-14-32-22/h6,8-11,16-17,27H,3-5,7,12-15,18H2,1-2H3,(H,26,29). The van der Waals surface area contributed by atoms with Gasteiger partial charge < -0.3 is 14.8 Å². The number of nitrogens with zero attached hydrogens (tertiary/aromatic N) is 1. The van der Waals surface area contributed by atoms with E-state index in [0.29, 0.717) is 42.5 Å². The van der Waals surface area contributed by atoms with Crippen LogP contribution in [-0.2, 0) is 10.0 Å². The van der Waals surface area contributed by atoms with Crippen LogP contribution in [0, 0.1) is 0 Å². The fraction of sp³-hybridized carbons (Fsp3) is 0.480. The Hall–Kier alpha value is -2.78. The first-order chi connectivity index (χ1) is 16.2. The number of anilines is 1. The Kier molecular flexibility index (Phi) is 7.33. The zero-order valence-corrected chi connectivity index (χ0v) is 20.6. The van der Waals surface area contributed by atoms with Crippen LogP contribution in [0.2, 0.25) is 0 Å². The lowest BCUT2D eigenvalue weighted by atomic mass is 9.98. The smallest absolute Gasteiger partial charge is 0.262 e. The fourth-order valence-corrected chi connectivity index (χ4v) is 5.32. The number of carbonyl (C=O) groups is 1. The molecule has 0 atom stereocenters. The molecule has 0 unspecified atom stereocenters. The molecule has 1 fully saturated rings. The van der Waals surface area contributed by atoms with Crippen LogP contribution < -0.4 is 19.5 Å². The van der Waals surface area contributed by atoms with Gasteiger partial charge in [0.15, 0.2) is 11.5 Å². The number of carbonyl (C=O) groups excluding carboxylic acids is 1. The number of amides is 1. The van der Waals surface area contributed by atoms with Gasteiger partial charge in [0.2, 0.25) is 0 Å². The highest BCUT2D eigenvalue weighted by Crippen LogP contribution is 2.32. The van der Waals surface area contributed by atoms with Gasteiger partial charge in [0, 0.05) is 35.8 Å². The number of ether oxygens (including phenoxy) is 2. The maximum atomic E-state index is 13.0. The quantitative estimate of drug-likeness (QED) is 0.619. The van der Waals surface area contributed by atoms with E-state index in [0.717, 1.165) is 19.5 Å². The Morgan fingerprint density at radius 3 is 2.47 bits per heavy atom. The molecule has 2 aromatic rings. The van der Waals surface area contributed by atoms with E-state index in [2.05, 4.69) is 28.8 Å². The van der Waals surface area contributed by atoms with Gasteiger partial charge >= 0.3 is 0 Å². The molecule has 2 aliphatic rings. The first-order valence-corrected chi connectivity index (χ1v) is 13.3. The summed E-state index contributed by atoms with van der Waals surface area (Å²) in [4.78, 5) is 15.3. The number of hydrogen-bond donors (Lipinski definition) is 2. The van der Waals surface area contributed by atoms with Crippen LogP contribution in [0.4, 0.5) is 5.69 Å². The third-order valence-electron chi connectivity index (χ3n) is 6.30. The number of likely N-dealkylation sites (tertiary alicyclic amines) is 1. The van der Waals surface area contributed by atoms with E-state index >= 15 is 0 Å². The molecule has 0 aromatic heterocycles. The lowest BCUT2D eigenvalue weighted by Gasteiger charge is -2.41. The summed E-state index contributed by atoms with van der Waals surface area (Å²) in [5, 5.41) is 3.01. The Balaban J connectivity index is 1.42. The topological polar surface area (TPSA) is 97.0 Å². The number of nitrogens with one attached hydrogen (secondary N) is 2. The largest absolute Gasteiger partial charge is 0.490 e. The summed E-state index contributed by atoms with van der Waals surface area (Å²) in [6.07, 6.45) is 4.36. The molecule has 34 heavy (non-hydrogen) atoms. The molecule has 9 heteroatoms. The number of sulfonamides is 1. The van der Waals surface area contributed by atoms with Gasteiger partial charge in [0.1, 0.15) is 0 Å². The second-order valence-corrected chi connectivity index (χ2v) is 11.1. The molecule has 2 heterocycles. The van der Waals surface area contributed by atoms with Crippen LogP contribution >= 0.6 is 0 Å². The third kappa shape index (κ3) is 5.82. The maximum absolute atomic E-state index is 13.0. The van der Waals surface area contributed by atoms with Crippen LogP contribution in [-0.4, -0.2) is 57.6 Å².